The molecule has 1 aliphatic rings. The Labute approximate surface area is 87.6 Å². The summed E-state index contributed by atoms with van der Waals surface area (Å²) in [5, 5.41) is 0. The number of hydrogen-bond acceptors (Lipinski definition) is 1. The summed E-state index contributed by atoms with van der Waals surface area (Å²) in [7, 11) is 0. The van der Waals surface area contributed by atoms with Crippen molar-refractivity contribution in [1.82, 2.24) is 0 Å². The summed E-state index contributed by atoms with van der Waals surface area (Å²) >= 11 is 0. The first-order chi connectivity index (χ1) is 6.39. The molecule has 0 aliphatic heterocycles. The molecule has 1 heteroatoms. The van der Waals surface area contributed by atoms with Gasteiger partial charge < -0.3 is 0 Å². The smallest absolute Gasteiger partial charge is 0.152 e. The van der Waals surface area contributed by atoms with Gasteiger partial charge in [-0.1, -0.05) is 26.3 Å². The maximum absolute atomic E-state index is 10.9. The third-order valence-corrected chi connectivity index (χ3v) is 3.26. The Balaban J connectivity index is 2.51. The molecular formula is C13H22O. The third-order valence-electron chi connectivity index (χ3n) is 3.26. The van der Waals surface area contributed by atoms with E-state index in [0.717, 1.165) is 18.8 Å². The summed E-state index contributed by atoms with van der Waals surface area (Å²) in [5.41, 5.74) is 1.79. The predicted octanol–water partition coefficient (Wildman–Crippen LogP) is 3.74. The first-order valence-corrected chi connectivity index (χ1v) is 5.59. The van der Waals surface area contributed by atoms with E-state index in [-0.39, 0.29) is 5.78 Å². The van der Waals surface area contributed by atoms with Crippen molar-refractivity contribution in [1.29, 1.82) is 0 Å². The second-order valence-corrected chi connectivity index (χ2v) is 5.55. The summed E-state index contributed by atoms with van der Waals surface area (Å²) in [6, 6.07) is 0. The summed E-state index contributed by atoms with van der Waals surface area (Å²) in [6.07, 6.45) is 6.59. The van der Waals surface area contributed by atoms with E-state index in [4.69, 9.17) is 0 Å². The van der Waals surface area contributed by atoms with Gasteiger partial charge in [0.2, 0.25) is 0 Å². The number of carbonyl (C=O) groups excluding carboxylic acids is 1. The van der Waals surface area contributed by atoms with E-state index in [1.165, 1.54) is 18.4 Å². The van der Waals surface area contributed by atoms with Gasteiger partial charge in [0, 0.05) is 0 Å². The summed E-state index contributed by atoms with van der Waals surface area (Å²) in [4.78, 5) is 10.9. The molecule has 0 unspecified atom stereocenters. The Morgan fingerprint density at radius 1 is 1.29 bits per heavy atom. The van der Waals surface area contributed by atoms with Gasteiger partial charge in [-0.25, -0.2) is 0 Å². The van der Waals surface area contributed by atoms with Crippen LogP contribution in [0.3, 0.4) is 0 Å². The second-order valence-electron chi connectivity index (χ2n) is 5.55. The number of allylic oxidation sites excluding steroid dienone is 2. The van der Waals surface area contributed by atoms with Crippen LogP contribution in [0.1, 0.15) is 53.4 Å². The van der Waals surface area contributed by atoms with E-state index in [9.17, 15) is 4.79 Å². The molecule has 1 fully saturated rings. The fraction of sp³-hybridized carbons (Fsp3) is 0.769. The zero-order valence-electron chi connectivity index (χ0n) is 9.89. The van der Waals surface area contributed by atoms with Crippen molar-refractivity contribution in [3.8, 4) is 0 Å². The van der Waals surface area contributed by atoms with E-state index in [2.05, 4.69) is 20.8 Å². The van der Waals surface area contributed by atoms with Gasteiger partial charge in [-0.3, -0.25) is 4.79 Å². The summed E-state index contributed by atoms with van der Waals surface area (Å²) in [6.45, 7) is 8.59. The van der Waals surface area contributed by atoms with E-state index in [1.54, 1.807) is 6.92 Å². The SMILES string of the molecule is CC(=O)C=C1CCC(C(C)(C)C)CC1. The molecule has 1 nitrogen and oxygen atoms in total. The van der Waals surface area contributed by atoms with Gasteiger partial charge >= 0.3 is 0 Å². The van der Waals surface area contributed by atoms with Crippen molar-refractivity contribution in [2.24, 2.45) is 11.3 Å². The lowest BCUT2D eigenvalue weighted by Gasteiger charge is -2.34. The second kappa shape index (κ2) is 4.29. The standard InChI is InChI=1S/C13H22O/c1-10(14)9-11-5-7-12(8-6-11)13(2,3)4/h9,12H,5-8H2,1-4H3. The molecule has 0 atom stereocenters. The van der Waals surface area contributed by atoms with Gasteiger partial charge in [0.1, 0.15) is 0 Å². The van der Waals surface area contributed by atoms with Crippen molar-refractivity contribution in [2.45, 2.75) is 53.4 Å². The first-order valence-electron chi connectivity index (χ1n) is 5.59. The Kier molecular flexibility index (Phi) is 3.52. The van der Waals surface area contributed by atoms with E-state index in [0.29, 0.717) is 5.41 Å². The van der Waals surface area contributed by atoms with Gasteiger partial charge in [0.15, 0.2) is 5.78 Å². The lowest BCUT2D eigenvalue weighted by Crippen LogP contribution is -2.23. The fourth-order valence-electron chi connectivity index (χ4n) is 2.29. The van der Waals surface area contributed by atoms with E-state index < -0.39 is 0 Å². The van der Waals surface area contributed by atoms with Crippen molar-refractivity contribution in [3.05, 3.63) is 11.6 Å². The van der Waals surface area contributed by atoms with Crippen molar-refractivity contribution in [2.75, 3.05) is 0 Å². The van der Waals surface area contributed by atoms with Gasteiger partial charge in [0.25, 0.3) is 0 Å². The van der Waals surface area contributed by atoms with Crippen molar-refractivity contribution < 1.29 is 4.79 Å². The molecule has 0 saturated heterocycles. The summed E-state index contributed by atoms with van der Waals surface area (Å²) < 4.78 is 0. The molecule has 1 rings (SSSR count). The molecular weight excluding hydrogens is 172 g/mol. The molecule has 0 aromatic heterocycles. The van der Waals surface area contributed by atoms with Crippen LogP contribution in [0.4, 0.5) is 0 Å². The van der Waals surface area contributed by atoms with Crippen LogP contribution in [-0.4, -0.2) is 5.78 Å². The van der Waals surface area contributed by atoms with Crippen molar-refractivity contribution in [3.63, 3.8) is 0 Å². The Morgan fingerprint density at radius 3 is 2.14 bits per heavy atom. The van der Waals surface area contributed by atoms with Crippen LogP contribution in [0.15, 0.2) is 11.6 Å². The van der Waals surface area contributed by atoms with Gasteiger partial charge in [-0.15, -0.1) is 0 Å². The minimum Gasteiger partial charge on any atom is -0.295 e. The van der Waals surface area contributed by atoms with Crippen molar-refractivity contribution >= 4 is 5.78 Å². The number of carbonyl (C=O) groups is 1. The van der Waals surface area contributed by atoms with Crippen LogP contribution in [-0.2, 0) is 4.79 Å². The Hall–Kier alpha value is -0.590. The minimum absolute atomic E-state index is 0.203. The van der Waals surface area contributed by atoms with Crippen LogP contribution in [0, 0.1) is 11.3 Å². The van der Waals surface area contributed by atoms with Crippen LogP contribution in [0.2, 0.25) is 0 Å². The molecule has 1 aliphatic carbocycles. The molecule has 0 heterocycles. The van der Waals surface area contributed by atoms with Gasteiger partial charge in [-0.05, 0) is 50.0 Å². The summed E-state index contributed by atoms with van der Waals surface area (Å²) in [5.74, 6) is 1.03. The number of hydrogen-bond donors (Lipinski definition) is 0. The molecule has 80 valence electrons. The van der Waals surface area contributed by atoms with Gasteiger partial charge in [0.05, 0.1) is 0 Å². The highest BCUT2D eigenvalue weighted by molar-refractivity contribution is 5.87. The quantitative estimate of drug-likeness (QED) is 0.581. The normalized spacial score (nSPS) is 23.4. The third kappa shape index (κ3) is 3.28. The van der Waals surface area contributed by atoms with Gasteiger partial charge in [-0.2, -0.15) is 0 Å². The van der Waals surface area contributed by atoms with Crippen LogP contribution in [0.25, 0.3) is 0 Å². The molecule has 0 N–H and O–H groups in total. The maximum atomic E-state index is 10.9. The average Bonchev–Trinajstić information content (AvgIpc) is 2.02. The Morgan fingerprint density at radius 2 is 1.79 bits per heavy atom. The first kappa shape index (κ1) is 11.5. The van der Waals surface area contributed by atoms with E-state index >= 15 is 0 Å². The fourth-order valence-corrected chi connectivity index (χ4v) is 2.29. The number of ketones is 1. The highest BCUT2D eigenvalue weighted by atomic mass is 16.1. The molecule has 0 bridgehead atoms. The molecule has 0 radical (unpaired) electrons. The van der Waals surface area contributed by atoms with Crippen LogP contribution >= 0.6 is 0 Å². The average molecular weight is 194 g/mol. The zero-order chi connectivity index (χ0) is 10.8. The largest absolute Gasteiger partial charge is 0.295 e. The topological polar surface area (TPSA) is 17.1 Å². The Bertz CT molecular complexity index is 232. The molecule has 0 amide bonds. The molecule has 14 heavy (non-hydrogen) atoms. The van der Waals surface area contributed by atoms with E-state index in [1.807, 2.05) is 6.08 Å². The minimum atomic E-state index is 0.203. The lowest BCUT2D eigenvalue weighted by molar-refractivity contribution is -0.112. The van der Waals surface area contributed by atoms with Crippen LogP contribution < -0.4 is 0 Å². The van der Waals surface area contributed by atoms with Crippen LogP contribution in [0.5, 0.6) is 0 Å². The monoisotopic (exact) mass is 194 g/mol. The lowest BCUT2D eigenvalue weighted by atomic mass is 9.71. The molecule has 0 aromatic carbocycles. The predicted molar refractivity (Wildman–Crippen MR) is 60.2 cm³/mol. The highest BCUT2D eigenvalue weighted by Gasteiger charge is 2.27. The zero-order valence-corrected chi connectivity index (χ0v) is 9.89. The molecule has 1 saturated carbocycles. The number of rotatable bonds is 1. The molecule has 0 aromatic rings. The molecule has 0 spiro atoms. The highest BCUT2D eigenvalue weighted by Crippen LogP contribution is 2.39. The maximum Gasteiger partial charge on any atom is 0.152 e.